The molecule has 0 radical (unpaired) electrons. The lowest BCUT2D eigenvalue weighted by Gasteiger charge is -2.23. The Morgan fingerprint density at radius 3 is 2.50 bits per heavy atom. The minimum Gasteiger partial charge on any atom is -0.497 e. The topological polar surface area (TPSA) is 58.4 Å². The van der Waals surface area contributed by atoms with E-state index in [0.29, 0.717) is 0 Å². The van der Waals surface area contributed by atoms with Crippen molar-refractivity contribution in [3.8, 4) is 22.6 Å². The molecule has 0 aliphatic carbocycles. The second kappa shape index (κ2) is 7.40. The van der Waals surface area contributed by atoms with Crippen molar-refractivity contribution in [2.24, 2.45) is 0 Å². The Morgan fingerprint density at radius 1 is 1.08 bits per heavy atom. The Morgan fingerprint density at radius 2 is 1.85 bits per heavy atom. The molecule has 6 nitrogen and oxygen atoms in total. The van der Waals surface area contributed by atoms with Crippen molar-refractivity contribution in [2.45, 2.75) is 25.5 Å². The number of fused-ring (bicyclic) bond motifs is 1. The summed E-state index contributed by atoms with van der Waals surface area (Å²) >= 11 is 2.23. The molecule has 0 N–H and O–H groups in total. The second-order valence-electron chi connectivity index (χ2n) is 6.25. The maximum absolute atomic E-state index is 5.93. The zero-order valence-electron chi connectivity index (χ0n) is 14.7. The molecular formula is C19H20IN3O3. The van der Waals surface area contributed by atoms with Crippen LogP contribution in [-0.2, 0) is 4.74 Å². The number of rotatable bonds is 4. The van der Waals surface area contributed by atoms with Gasteiger partial charge in [-0.05, 0) is 65.6 Å². The standard InChI is InChI=1S/C19H20IN3O3/c1-24-14-7-12(8-15(10-14)25-2)13-9-16-18(21-11-13)19(20)22-23(16)17-5-3-4-6-26-17/h7-11,17H,3-6H2,1-2H3. The monoisotopic (exact) mass is 465 g/mol. The second-order valence-corrected chi connectivity index (χ2v) is 7.27. The fraction of sp³-hybridized carbons (Fsp3) is 0.368. The normalized spacial score (nSPS) is 17.4. The van der Waals surface area contributed by atoms with Crippen molar-refractivity contribution in [1.29, 1.82) is 0 Å². The molecule has 0 bridgehead atoms. The number of benzene rings is 1. The first-order valence-electron chi connectivity index (χ1n) is 8.58. The van der Waals surface area contributed by atoms with E-state index in [-0.39, 0.29) is 6.23 Å². The van der Waals surface area contributed by atoms with E-state index in [1.807, 2.05) is 29.1 Å². The van der Waals surface area contributed by atoms with Crippen LogP contribution in [0.4, 0.5) is 0 Å². The lowest BCUT2D eigenvalue weighted by atomic mass is 10.1. The summed E-state index contributed by atoms with van der Waals surface area (Å²) in [6.45, 7) is 0.781. The Bertz CT molecular complexity index is 913. The average Bonchev–Trinajstić information content (AvgIpc) is 3.04. The summed E-state index contributed by atoms with van der Waals surface area (Å²) in [6.07, 6.45) is 5.09. The van der Waals surface area contributed by atoms with E-state index in [4.69, 9.17) is 14.2 Å². The summed E-state index contributed by atoms with van der Waals surface area (Å²) in [4.78, 5) is 4.66. The van der Waals surface area contributed by atoms with Gasteiger partial charge in [0.15, 0.2) is 6.23 Å². The minimum atomic E-state index is -0.0216. The highest BCUT2D eigenvalue weighted by Gasteiger charge is 2.21. The van der Waals surface area contributed by atoms with E-state index >= 15 is 0 Å². The number of aromatic nitrogens is 3. The third-order valence-corrected chi connectivity index (χ3v) is 5.35. The third kappa shape index (κ3) is 3.25. The van der Waals surface area contributed by atoms with Crippen molar-refractivity contribution in [2.75, 3.05) is 20.8 Å². The first-order chi connectivity index (χ1) is 12.7. The zero-order valence-corrected chi connectivity index (χ0v) is 16.9. The number of methoxy groups -OCH3 is 2. The van der Waals surface area contributed by atoms with Crippen LogP contribution in [-0.4, -0.2) is 35.6 Å². The first-order valence-corrected chi connectivity index (χ1v) is 9.66. The molecule has 136 valence electrons. The lowest BCUT2D eigenvalue weighted by Crippen LogP contribution is -2.19. The molecule has 3 heterocycles. The van der Waals surface area contributed by atoms with Crippen molar-refractivity contribution < 1.29 is 14.2 Å². The molecule has 1 unspecified atom stereocenters. The van der Waals surface area contributed by atoms with Crippen LogP contribution < -0.4 is 9.47 Å². The Hall–Kier alpha value is -1.87. The summed E-state index contributed by atoms with van der Waals surface area (Å²) in [5.74, 6) is 1.50. The van der Waals surface area contributed by atoms with E-state index in [0.717, 1.165) is 63.2 Å². The Kier molecular flexibility index (Phi) is 4.99. The van der Waals surface area contributed by atoms with E-state index in [9.17, 15) is 0 Å². The average molecular weight is 465 g/mol. The fourth-order valence-electron chi connectivity index (χ4n) is 3.25. The van der Waals surface area contributed by atoms with Crippen LogP contribution in [0.5, 0.6) is 11.5 Å². The predicted molar refractivity (Wildman–Crippen MR) is 108 cm³/mol. The molecule has 4 rings (SSSR count). The van der Waals surface area contributed by atoms with Crippen LogP contribution in [0.2, 0.25) is 0 Å². The van der Waals surface area contributed by atoms with E-state index in [1.165, 1.54) is 0 Å². The highest BCUT2D eigenvalue weighted by atomic mass is 127. The van der Waals surface area contributed by atoms with Gasteiger partial charge in [0, 0.05) is 24.4 Å². The number of pyridine rings is 1. The predicted octanol–water partition coefficient (Wildman–Crippen LogP) is 4.42. The first kappa shape index (κ1) is 17.5. The van der Waals surface area contributed by atoms with Gasteiger partial charge in [0.25, 0.3) is 0 Å². The Labute approximate surface area is 165 Å². The van der Waals surface area contributed by atoms with E-state index < -0.39 is 0 Å². The molecule has 1 aromatic carbocycles. The summed E-state index contributed by atoms with van der Waals surface area (Å²) in [7, 11) is 3.30. The maximum Gasteiger partial charge on any atom is 0.150 e. The van der Waals surface area contributed by atoms with Crippen molar-refractivity contribution in [3.63, 3.8) is 0 Å². The fourth-order valence-corrected chi connectivity index (χ4v) is 3.90. The van der Waals surface area contributed by atoms with Crippen LogP contribution in [0.3, 0.4) is 0 Å². The van der Waals surface area contributed by atoms with Crippen molar-refractivity contribution >= 4 is 33.6 Å². The van der Waals surface area contributed by atoms with Crippen LogP contribution >= 0.6 is 22.6 Å². The van der Waals surface area contributed by atoms with Gasteiger partial charge in [0.05, 0.1) is 19.7 Å². The number of hydrogen-bond donors (Lipinski definition) is 0. The van der Waals surface area contributed by atoms with Gasteiger partial charge < -0.3 is 14.2 Å². The smallest absolute Gasteiger partial charge is 0.150 e. The van der Waals surface area contributed by atoms with E-state index in [2.05, 4.69) is 38.7 Å². The molecule has 26 heavy (non-hydrogen) atoms. The van der Waals surface area contributed by atoms with Gasteiger partial charge in [0.1, 0.15) is 20.7 Å². The molecule has 1 atom stereocenters. The number of hydrogen-bond acceptors (Lipinski definition) is 5. The number of halogens is 1. The van der Waals surface area contributed by atoms with Crippen molar-refractivity contribution in [1.82, 2.24) is 14.8 Å². The van der Waals surface area contributed by atoms with Crippen LogP contribution in [0.25, 0.3) is 22.2 Å². The van der Waals surface area contributed by atoms with E-state index in [1.54, 1.807) is 14.2 Å². The molecule has 1 aliphatic heterocycles. The third-order valence-electron chi connectivity index (χ3n) is 4.62. The van der Waals surface area contributed by atoms with Gasteiger partial charge in [-0.2, -0.15) is 5.10 Å². The largest absolute Gasteiger partial charge is 0.497 e. The molecule has 1 saturated heterocycles. The highest BCUT2D eigenvalue weighted by molar-refractivity contribution is 14.1. The van der Waals surface area contributed by atoms with Gasteiger partial charge in [-0.25, -0.2) is 4.68 Å². The molecular weight excluding hydrogens is 445 g/mol. The molecule has 2 aromatic heterocycles. The summed E-state index contributed by atoms with van der Waals surface area (Å²) in [5.41, 5.74) is 3.87. The quantitative estimate of drug-likeness (QED) is 0.534. The minimum absolute atomic E-state index is 0.0216. The van der Waals surface area contributed by atoms with Gasteiger partial charge in [0.2, 0.25) is 0 Å². The molecule has 0 saturated carbocycles. The van der Waals surface area contributed by atoms with Gasteiger partial charge >= 0.3 is 0 Å². The molecule has 7 heteroatoms. The zero-order chi connectivity index (χ0) is 18.1. The van der Waals surface area contributed by atoms with Crippen molar-refractivity contribution in [3.05, 3.63) is 34.2 Å². The molecule has 3 aromatic rings. The van der Waals surface area contributed by atoms with Crippen LogP contribution in [0.15, 0.2) is 30.5 Å². The molecule has 0 amide bonds. The highest BCUT2D eigenvalue weighted by Crippen LogP contribution is 2.33. The number of nitrogens with zero attached hydrogens (tertiary/aromatic N) is 3. The summed E-state index contributed by atoms with van der Waals surface area (Å²) in [5, 5.41) is 4.68. The lowest BCUT2D eigenvalue weighted by molar-refractivity contribution is -0.0368. The molecule has 1 fully saturated rings. The number of ether oxygens (including phenoxy) is 3. The molecule has 0 spiro atoms. The van der Waals surface area contributed by atoms with Crippen LogP contribution in [0.1, 0.15) is 25.5 Å². The summed E-state index contributed by atoms with van der Waals surface area (Å²) < 4.78 is 19.6. The SMILES string of the molecule is COc1cc(OC)cc(-c2cnc3c(I)nn(C4CCCCO4)c3c2)c1. The maximum atomic E-state index is 5.93. The summed E-state index contributed by atoms with van der Waals surface area (Å²) in [6, 6.07) is 7.94. The molecule has 1 aliphatic rings. The van der Waals surface area contributed by atoms with Gasteiger partial charge in [-0.15, -0.1) is 0 Å². The Balaban J connectivity index is 1.82. The van der Waals surface area contributed by atoms with Gasteiger partial charge in [-0.1, -0.05) is 0 Å². The van der Waals surface area contributed by atoms with Crippen LogP contribution in [0, 0.1) is 3.70 Å². The van der Waals surface area contributed by atoms with Gasteiger partial charge in [-0.3, -0.25) is 4.98 Å².